The largest absolute Gasteiger partial charge is 0.350 e. The molecule has 0 saturated heterocycles. The van der Waals surface area contributed by atoms with Gasteiger partial charge in [-0.25, -0.2) is 0 Å². The van der Waals surface area contributed by atoms with E-state index in [0.717, 1.165) is 33.6 Å². The lowest BCUT2D eigenvalue weighted by Crippen LogP contribution is -2.52. The molecule has 1 unspecified atom stereocenters. The Kier molecular flexibility index (Phi) is 7.15. The average molecular weight is 459 g/mol. The molecule has 0 spiro atoms. The van der Waals surface area contributed by atoms with Crippen molar-refractivity contribution in [2.45, 2.75) is 66.2 Å². The molecule has 3 aromatic rings. The molecule has 2 heterocycles. The first kappa shape index (κ1) is 23.7. The maximum absolute atomic E-state index is 13.3. The maximum Gasteiger partial charge on any atom is 0.243 e. The van der Waals surface area contributed by atoms with Gasteiger partial charge in [0.05, 0.1) is 12.2 Å². The molecular formula is C28H34N4O2. The second-order valence-corrected chi connectivity index (χ2v) is 9.73. The van der Waals surface area contributed by atoms with Crippen LogP contribution < -0.4 is 5.32 Å². The van der Waals surface area contributed by atoms with Crippen molar-refractivity contribution in [3.05, 3.63) is 88.2 Å². The van der Waals surface area contributed by atoms with Gasteiger partial charge in [0.15, 0.2) is 0 Å². The summed E-state index contributed by atoms with van der Waals surface area (Å²) in [6.07, 6.45) is 0.990. The van der Waals surface area contributed by atoms with Gasteiger partial charge in [-0.1, -0.05) is 62.4 Å². The van der Waals surface area contributed by atoms with Gasteiger partial charge in [-0.2, -0.15) is 5.10 Å². The Balaban J connectivity index is 1.45. The van der Waals surface area contributed by atoms with Crippen LogP contribution >= 0.6 is 0 Å². The molecule has 2 amide bonds. The fourth-order valence-corrected chi connectivity index (χ4v) is 4.64. The van der Waals surface area contributed by atoms with Crippen LogP contribution in [0.3, 0.4) is 0 Å². The Bertz CT molecular complexity index is 1180. The fourth-order valence-electron chi connectivity index (χ4n) is 4.64. The Labute approximate surface area is 202 Å². The smallest absolute Gasteiger partial charge is 0.243 e. The highest BCUT2D eigenvalue weighted by Crippen LogP contribution is 2.25. The summed E-state index contributed by atoms with van der Waals surface area (Å²) in [5, 5.41) is 7.63. The number of aromatic nitrogens is 2. The highest BCUT2D eigenvalue weighted by molar-refractivity contribution is 5.88. The zero-order valence-corrected chi connectivity index (χ0v) is 20.5. The highest BCUT2D eigenvalue weighted by atomic mass is 16.2. The third kappa shape index (κ3) is 5.56. The molecule has 2 aromatic carbocycles. The molecule has 4 rings (SSSR count). The first-order valence-electron chi connectivity index (χ1n) is 12.0. The van der Waals surface area contributed by atoms with E-state index in [1.165, 1.54) is 0 Å². The van der Waals surface area contributed by atoms with E-state index >= 15 is 0 Å². The summed E-state index contributed by atoms with van der Waals surface area (Å²) < 4.78 is 1.99. The number of nitrogens with zero attached hydrogens (tertiary/aromatic N) is 3. The second-order valence-electron chi connectivity index (χ2n) is 9.73. The summed E-state index contributed by atoms with van der Waals surface area (Å²) >= 11 is 0. The van der Waals surface area contributed by atoms with Crippen molar-refractivity contribution in [2.24, 2.45) is 5.92 Å². The molecule has 1 aromatic heterocycles. The van der Waals surface area contributed by atoms with Gasteiger partial charge >= 0.3 is 0 Å². The Morgan fingerprint density at radius 2 is 1.76 bits per heavy atom. The molecule has 34 heavy (non-hydrogen) atoms. The lowest BCUT2D eigenvalue weighted by atomic mass is 9.92. The van der Waals surface area contributed by atoms with Crippen molar-refractivity contribution < 1.29 is 9.59 Å². The number of rotatable bonds is 7. The van der Waals surface area contributed by atoms with Crippen LogP contribution in [-0.4, -0.2) is 32.5 Å². The number of nitrogens with one attached hydrogen (secondary N) is 1. The van der Waals surface area contributed by atoms with Crippen LogP contribution in [0, 0.1) is 19.8 Å². The van der Waals surface area contributed by atoms with Gasteiger partial charge in [0.25, 0.3) is 0 Å². The molecule has 178 valence electrons. The molecule has 0 radical (unpaired) electrons. The van der Waals surface area contributed by atoms with Gasteiger partial charge in [0.2, 0.25) is 11.8 Å². The SMILES string of the molecule is Cc1cc(C)n(Cc2cccc(CNC(=O)C3Cc4ccccc4CN3C(=O)CC(C)C)c2)n1. The summed E-state index contributed by atoms with van der Waals surface area (Å²) in [4.78, 5) is 28.0. The topological polar surface area (TPSA) is 67.2 Å². The zero-order valence-electron chi connectivity index (χ0n) is 20.5. The molecule has 1 atom stereocenters. The van der Waals surface area contributed by atoms with E-state index in [0.29, 0.717) is 32.5 Å². The van der Waals surface area contributed by atoms with Crippen molar-refractivity contribution in [2.75, 3.05) is 0 Å². The van der Waals surface area contributed by atoms with Gasteiger partial charge in [-0.05, 0) is 48.1 Å². The number of hydrogen-bond acceptors (Lipinski definition) is 3. The van der Waals surface area contributed by atoms with Crippen LogP contribution in [0.25, 0.3) is 0 Å². The number of hydrogen-bond donors (Lipinski definition) is 1. The van der Waals surface area contributed by atoms with Crippen LogP contribution in [0.4, 0.5) is 0 Å². The molecule has 6 heteroatoms. The fraction of sp³-hybridized carbons (Fsp3) is 0.393. The third-order valence-corrected chi connectivity index (χ3v) is 6.35. The lowest BCUT2D eigenvalue weighted by Gasteiger charge is -2.36. The summed E-state index contributed by atoms with van der Waals surface area (Å²) in [7, 11) is 0. The molecule has 6 nitrogen and oxygen atoms in total. The van der Waals surface area contributed by atoms with Gasteiger partial charge in [0, 0.05) is 31.6 Å². The molecule has 1 N–H and O–H groups in total. The minimum absolute atomic E-state index is 0.0385. The van der Waals surface area contributed by atoms with Crippen LogP contribution in [0.15, 0.2) is 54.6 Å². The molecule has 0 saturated carbocycles. The summed E-state index contributed by atoms with van der Waals surface area (Å²) in [5.41, 5.74) is 6.57. The lowest BCUT2D eigenvalue weighted by molar-refractivity contribution is -0.142. The number of aryl methyl sites for hydroxylation is 2. The monoisotopic (exact) mass is 458 g/mol. The predicted molar refractivity (Wildman–Crippen MR) is 133 cm³/mol. The second kappa shape index (κ2) is 10.2. The predicted octanol–water partition coefficient (Wildman–Crippen LogP) is 4.16. The first-order chi connectivity index (χ1) is 16.3. The molecule has 0 bridgehead atoms. The van der Waals surface area contributed by atoms with Crippen molar-refractivity contribution in [1.82, 2.24) is 20.0 Å². The van der Waals surface area contributed by atoms with Crippen LogP contribution in [-0.2, 0) is 35.6 Å². The van der Waals surface area contributed by atoms with Crippen LogP contribution in [0.2, 0.25) is 0 Å². The number of fused-ring (bicyclic) bond motifs is 1. The van der Waals surface area contributed by atoms with Gasteiger partial charge in [0.1, 0.15) is 6.04 Å². The van der Waals surface area contributed by atoms with E-state index in [1.807, 2.05) is 55.8 Å². The Hall–Kier alpha value is -3.41. The molecule has 0 fully saturated rings. The van der Waals surface area contributed by atoms with E-state index in [9.17, 15) is 9.59 Å². The van der Waals surface area contributed by atoms with Crippen LogP contribution in [0.1, 0.15) is 53.9 Å². The summed E-state index contributed by atoms with van der Waals surface area (Å²) in [6.45, 7) is 9.71. The van der Waals surface area contributed by atoms with E-state index in [1.54, 1.807) is 4.90 Å². The maximum atomic E-state index is 13.3. The average Bonchev–Trinajstić information content (AvgIpc) is 3.12. The molecule has 1 aliphatic rings. The van der Waals surface area contributed by atoms with Gasteiger partial charge < -0.3 is 10.2 Å². The van der Waals surface area contributed by atoms with Gasteiger partial charge in [-0.3, -0.25) is 14.3 Å². The van der Waals surface area contributed by atoms with E-state index in [2.05, 4.69) is 41.6 Å². The normalized spacial score (nSPS) is 15.3. The quantitative estimate of drug-likeness (QED) is 0.578. The van der Waals surface area contributed by atoms with Crippen LogP contribution in [0.5, 0.6) is 0 Å². The van der Waals surface area contributed by atoms with E-state index in [-0.39, 0.29) is 17.7 Å². The molecular weight excluding hydrogens is 424 g/mol. The highest BCUT2D eigenvalue weighted by Gasteiger charge is 2.34. The summed E-state index contributed by atoms with van der Waals surface area (Å²) in [6, 6.07) is 17.9. The zero-order chi connectivity index (χ0) is 24.2. The van der Waals surface area contributed by atoms with E-state index in [4.69, 9.17) is 0 Å². The van der Waals surface area contributed by atoms with Crippen molar-refractivity contribution in [3.8, 4) is 0 Å². The minimum Gasteiger partial charge on any atom is -0.350 e. The van der Waals surface area contributed by atoms with Crippen molar-refractivity contribution in [1.29, 1.82) is 0 Å². The van der Waals surface area contributed by atoms with Crippen molar-refractivity contribution >= 4 is 11.8 Å². The minimum atomic E-state index is -0.487. The third-order valence-electron chi connectivity index (χ3n) is 6.35. The summed E-state index contributed by atoms with van der Waals surface area (Å²) in [5.74, 6) is 0.186. The van der Waals surface area contributed by atoms with E-state index < -0.39 is 6.04 Å². The van der Waals surface area contributed by atoms with Gasteiger partial charge in [-0.15, -0.1) is 0 Å². The number of carbonyl (C=O) groups is 2. The van der Waals surface area contributed by atoms with Crippen molar-refractivity contribution in [3.63, 3.8) is 0 Å². The Morgan fingerprint density at radius 3 is 2.47 bits per heavy atom. The number of amides is 2. The first-order valence-corrected chi connectivity index (χ1v) is 12.0. The molecule has 1 aliphatic heterocycles. The number of carbonyl (C=O) groups excluding carboxylic acids is 2. The number of benzene rings is 2. The standard InChI is InChI=1S/C28H34N4O2/c1-19(2)12-27(33)31-18-25-11-6-5-10-24(25)15-26(31)28(34)29-16-22-8-7-9-23(14-22)17-32-21(4)13-20(3)30-32/h5-11,13-14,19,26H,12,15-18H2,1-4H3,(H,29,34). The molecule has 0 aliphatic carbocycles. The Morgan fingerprint density at radius 1 is 1.03 bits per heavy atom.